The molecule has 22 heavy (non-hydrogen) atoms. The van der Waals surface area contributed by atoms with Crippen molar-refractivity contribution in [1.82, 2.24) is 9.80 Å². The Labute approximate surface area is 134 Å². The minimum absolute atomic E-state index is 0.858. The number of hydrogen-bond donors (Lipinski definition) is 1. The average molecular weight is 299 g/mol. The van der Waals surface area contributed by atoms with Crippen molar-refractivity contribution < 1.29 is 0 Å². The molecule has 0 aromatic heterocycles. The predicted molar refractivity (Wildman–Crippen MR) is 92.4 cm³/mol. The van der Waals surface area contributed by atoms with E-state index in [-0.39, 0.29) is 0 Å². The van der Waals surface area contributed by atoms with E-state index in [0.29, 0.717) is 0 Å². The molecule has 0 atom stereocenters. The zero-order valence-corrected chi connectivity index (χ0v) is 13.7. The van der Waals surface area contributed by atoms with E-state index in [1.807, 2.05) is 0 Å². The van der Waals surface area contributed by atoms with Gasteiger partial charge in [-0.1, -0.05) is 24.6 Å². The number of likely N-dealkylation sites (tertiary alicyclic amines) is 2. The molecule has 0 bridgehead atoms. The number of para-hydroxylation sites is 1. The van der Waals surface area contributed by atoms with Crippen molar-refractivity contribution >= 4 is 5.69 Å². The van der Waals surface area contributed by atoms with Crippen LogP contribution in [0.15, 0.2) is 18.2 Å². The van der Waals surface area contributed by atoms with E-state index in [0.717, 1.165) is 19.1 Å². The number of benzene rings is 1. The van der Waals surface area contributed by atoms with E-state index in [9.17, 15) is 0 Å². The third kappa shape index (κ3) is 3.02. The third-order valence-corrected chi connectivity index (χ3v) is 5.79. The summed E-state index contributed by atoms with van der Waals surface area (Å²) in [5.74, 6) is 0. The molecule has 120 valence electrons. The summed E-state index contributed by atoms with van der Waals surface area (Å²) in [7, 11) is 0. The molecule has 2 saturated heterocycles. The Morgan fingerprint density at radius 2 is 1.82 bits per heavy atom. The van der Waals surface area contributed by atoms with Gasteiger partial charge in [0.2, 0.25) is 0 Å². The maximum absolute atomic E-state index is 3.58. The lowest BCUT2D eigenvalue weighted by Gasteiger charge is -2.40. The number of rotatable bonds is 3. The van der Waals surface area contributed by atoms with Gasteiger partial charge in [0.1, 0.15) is 0 Å². The molecule has 0 radical (unpaired) electrons. The quantitative estimate of drug-likeness (QED) is 0.925. The standard InChI is InChI=1S/C19H29N3/c1-2-11-22(12-3-1)18-8-13-21(14-9-18)15-17-6-4-5-16-7-10-20-19(16)17/h4-6,18,20H,1-3,7-15H2. The van der Waals surface area contributed by atoms with Gasteiger partial charge in [0, 0.05) is 24.8 Å². The summed E-state index contributed by atoms with van der Waals surface area (Å²) in [4.78, 5) is 5.43. The number of fused-ring (bicyclic) bond motifs is 1. The zero-order valence-electron chi connectivity index (χ0n) is 13.7. The summed E-state index contributed by atoms with van der Waals surface area (Å²) in [5, 5.41) is 3.58. The van der Waals surface area contributed by atoms with E-state index < -0.39 is 0 Å². The second-order valence-corrected chi connectivity index (χ2v) is 7.23. The maximum atomic E-state index is 3.58. The minimum Gasteiger partial charge on any atom is -0.384 e. The lowest BCUT2D eigenvalue weighted by atomic mass is 9.99. The molecule has 0 amide bonds. The monoisotopic (exact) mass is 299 g/mol. The predicted octanol–water partition coefficient (Wildman–Crippen LogP) is 3.10. The first-order valence-corrected chi connectivity index (χ1v) is 9.21. The van der Waals surface area contributed by atoms with Gasteiger partial charge >= 0.3 is 0 Å². The fraction of sp³-hybridized carbons (Fsp3) is 0.684. The van der Waals surface area contributed by atoms with Gasteiger partial charge in [-0.25, -0.2) is 0 Å². The molecule has 1 N–H and O–H groups in total. The molecule has 3 heterocycles. The zero-order chi connectivity index (χ0) is 14.8. The van der Waals surface area contributed by atoms with Crippen LogP contribution >= 0.6 is 0 Å². The fourth-order valence-corrected chi connectivity index (χ4v) is 4.51. The number of anilines is 1. The van der Waals surface area contributed by atoms with E-state index >= 15 is 0 Å². The highest BCUT2D eigenvalue weighted by Crippen LogP contribution is 2.29. The Hall–Kier alpha value is -1.06. The topological polar surface area (TPSA) is 18.5 Å². The molecule has 3 nitrogen and oxygen atoms in total. The SMILES string of the molecule is c1cc2c(c(CN3CCC(N4CCCCC4)CC3)c1)NCC2. The molecule has 3 heteroatoms. The lowest BCUT2D eigenvalue weighted by molar-refractivity contribution is 0.0897. The summed E-state index contributed by atoms with van der Waals surface area (Å²) in [5.41, 5.74) is 4.45. The van der Waals surface area contributed by atoms with Crippen LogP contribution in [0.3, 0.4) is 0 Å². The fourth-order valence-electron chi connectivity index (χ4n) is 4.51. The maximum Gasteiger partial charge on any atom is 0.0419 e. The highest BCUT2D eigenvalue weighted by Gasteiger charge is 2.26. The molecule has 3 aliphatic rings. The van der Waals surface area contributed by atoms with Crippen molar-refractivity contribution in [2.24, 2.45) is 0 Å². The Morgan fingerprint density at radius 1 is 1.00 bits per heavy atom. The van der Waals surface area contributed by atoms with Crippen LogP contribution in [-0.4, -0.2) is 48.6 Å². The first-order valence-electron chi connectivity index (χ1n) is 9.21. The van der Waals surface area contributed by atoms with Crippen molar-refractivity contribution in [2.45, 2.75) is 51.1 Å². The van der Waals surface area contributed by atoms with Gasteiger partial charge in [0.25, 0.3) is 0 Å². The number of nitrogens with zero attached hydrogens (tertiary/aromatic N) is 2. The van der Waals surface area contributed by atoms with Crippen LogP contribution in [-0.2, 0) is 13.0 Å². The Kier molecular flexibility index (Phi) is 4.35. The van der Waals surface area contributed by atoms with Crippen molar-refractivity contribution in [2.75, 3.05) is 38.0 Å². The van der Waals surface area contributed by atoms with Crippen LogP contribution in [0.4, 0.5) is 5.69 Å². The van der Waals surface area contributed by atoms with E-state index in [4.69, 9.17) is 0 Å². The summed E-state index contributed by atoms with van der Waals surface area (Å²) in [6.45, 7) is 7.48. The first-order chi connectivity index (χ1) is 10.9. The Balaban J connectivity index is 1.33. The molecular formula is C19H29N3. The molecule has 1 aromatic carbocycles. The van der Waals surface area contributed by atoms with E-state index in [1.165, 1.54) is 81.5 Å². The van der Waals surface area contributed by atoms with Crippen LogP contribution in [0.2, 0.25) is 0 Å². The van der Waals surface area contributed by atoms with Crippen molar-refractivity contribution in [3.8, 4) is 0 Å². The second kappa shape index (κ2) is 6.59. The average Bonchev–Trinajstić information content (AvgIpc) is 3.06. The van der Waals surface area contributed by atoms with Crippen molar-refractivity contribution in [1.29, 1.82) is 0 Å². The lowest BCUT2D eigenvalue weighted by Crippen LogP contribution is -2.46. The normalized spacial score (nSPS) is 24.2. The molecule has 3 aliphatic heterocycles. The molecule has 0 unspecified atom stereocenters. The third-order valence-electron chi connectivity index (χ3n) is 5.79. The second-order valence-electron chi connectivity index (χ2n) is 7.23. The summed E-state index contributed by atoms with van der Waals surface area (Å²) >= 11 is 0. The van der Waals surface area contributed by atoms with Crippen LogP contribution in [0.1, 0.15) is 43.2 Å². The van der Waals surface area contributed by atoms with Crippen molar-refractivity contribution in [3.63, 3.8) is 0 Å². The van der Waals surface area contributed by atoms with Crippen LogP contribution in [0.5, 0.6) is 0 Å². The molecule has 0 aliphatic carbocycles. The van der Waals surface area contributed by atoms with Gasteiger partial charge < -0.3 is 10.2 Å². The van der Waals surface area contributed by atoms with Crippen molar-refractivity contribution in [3.05, 3.63) is 29.3 Å². The minimum atomic E-state index is 0.858. The molecule has 4 rings (SSSR count). The molecular weight excluding hydrogens is 270 g/mol. The summed E-state index contributed by atoms with van der Waals surface area (Å²) in [6.07, 6.45) is 8.21. The molecule has 0 saturated carbocycles. The van der Waals surface area contributed by atoms with Gasteiger partial charge in [-0.15, -0.1) is 0 Å². The van der Waals surface area contributed by atoms with Gasteiger partial charge in [0.05, 0.1) is 0 Å². The Morgan fingerprint density at radius 3 is 2.64 bits per heavy atom. The van der Waals surface area contributed by atoms with Gasteiger partial charge in [0.15, 0.2) is 0 Å². The smallest absolute Gasteiger partial charge is 0.0419 e. The highest BCUT2D eigenvalue weighted by molar-refractivity contribution is 5.61. The highest BCUT2D eigenvalue weighted by atomic mass is 15.2. The largest absolute Gasteiger partial charge is 0.384 e. The number of nitrogens with one attached hydrogen (secondary N) is 1. The molecule has 1 aromatic rings. The van der Waals surface area contributed by atoms with E-state index in [2.05, 4.69) is 33.3 Å². The Bertz CT molecular complexity index is 499. The van der Waals surface area contributed by atoms with Gasteiger partial charge in [-0.2, -0.15) is 0 Å². The van der Waals surface area contributed by atoms with Crippen LogP contribution in [0.25, 0.3) is 0 Å². The van der Waals surface area contributed by atoms with Gasteiger partial charge in [-0.05, 0) is 69.4 Å². The number of piperidine rings is 2. The first kappa shape index (κ1) is 14.5. The van der Waals surface area contributed by atoms with Crippen LogP contribution < -0.4 is 5.32 Å². The molecule has 2 fully saturated rings. The van der Waals surface area contributed by atoms with E-state index in [1.54, 1.807) is 0 Å². The van der Waals surface area contributed by atoms with Crippen LogP contribution in [0, 0.1) is 0 Å². The summed E-state index contributed by atoms with van der Waals surface area (Å²) < 4.78 is 0. The number of hydrogen-bond acceptors (Lipinski definition) is 3. The molecule has 0 spiro atoms. The summed E-state index contributed by atoms with van der Waals surface area (Å²) in [6, 6.07) is 7.69. The van der Waals surface area contributed by atoms with Gasteiger partial charge in [-0.3, -0.25) is 4.90 Å².